The van der Waals surface area contributed by atoms with Gasteiger partial charge in [0.2, 0.25) is 0 Å². The van der Waals surface area contributed by atoms with E-state index in [2.05, 4.69) is 22.1 Å². The van der Waals surface area contributed by atoms with E-state index >= 15 is 0 Å². The van der Waals surface area contributed by atoms with Gasteiger partial charge in [0.25, 0.3) is 0 Å². The molecule has 0 aliphatic carbocycles. The summed E-state index contributed by atoms with van der Waals surface area (Å²) in [5.74, 6) is -0.279. The highest BCUT2D eigenvalue weighted by Crippen LogP contribution is 2.23. The number of carbonyl (C=O) groups is 1. The molecule has 2 rings (SSSR count). The van der Waals surface area contributed by atoms with E-state index in [0.717, 1.165) is 23.1 Å². The predicted molar refractivity (Wildman–Crippen MR) is 77.1 cm³/mol. The second-order valence-electron chi connectivity index (χ2n) is 4.99. The summed E-state index contributed by atoms with van der Waals surface area (Å²) in [5.41, 5.74) is 0.174. The minimum absolute atomic E-state index is 0.174. The van der Waals surface area contributed by atoms with Gasteiger partial charge in [-0.1, -0.05) is 6.92 Å². The van der Waals surface area contributed by atoms with Crippen LogP contribution in [0, 0.1) is 12.8 Å². The third-order valence-electron chi connectivity index (χ3n) is 3.70. The molecule has 2 N–H and O–H groups in total. The number of nitrogens with zero attached hydrogens (tertiary/aromatic N) is 2. The van der Waals surface area contributed by atoms with Crippen LogP contribution in [-0.4, -0.2) is 47.1 Å². The number of nitrogens with one attached hydrogen (secondary N) is 1. The molecule has 1 aliphatic heterocycles. The van der Waals surface area contributed by atoms with Crippen LogP contribution in [0.1, 0.15) is 35.1 Å². The highest BCUT2D eigenvalue weighted by molar-refractivity contribution is 7.15. The molecule has 19 heavy (non-hydrogen) atoms. The third-order valence-corrected chi connectivity index (χ3v) is 4.62. The summed E-state index contributed by atoms with van der Waals surface area (Å²) in [6.07, 6.45) is 2.41. The van der Waals surface area contributed by atoms with Crippen LogP contribution in [0.5, 0.6) is 0 Å². The van der Waals surface area contributed by atoms with Crippen molar-refractivity contribution in [3.8, 4) is 0 Å². The van der Waals surface area contributed by atoms with Crippen LogP contribution < -0.4 is 5.32 Å². The van der Waals surface area contributed by atoms with Crippen LogP contribution in [0.4, 0.5) is 5.13 Å². The summed E-state index contributed by atoms with van der Waals surface area (Å²) in [6.45, 7) is 8.36. The van der Waals surface area contributed by atoms with Gasteiger partial charge in [0.1, 0.15) is 0 Å². The van der Waals surface area contributed by atoms with E-state index in [1.54, 1.807) is 6.92 Å². The average molecular weight is 283 g/mol. The van der Waals surface area contributed by atoms with Crippen LogP contribution in [-0.2, 0) is 0 Å². The van der Waals surface area contributed by atoms with Gasteiger partial charge in [0.15, 0.2) is 10.8 Å². The molecule has 2 heterocycles. The van der Waals surface area contributed by atoms with E-state index in [1.165, 1.54) is 37.3 Å². The monoisotopic (exact) mass is 283 g/mol. The van der Waals surface area contributed by atoms with Crippen molar-refractivity contribution >= 4 is 22.4 Å². The van der Waals surface area contributed by atoms with E-state index in [9.17, 15) is 4.79 Å². The number of aryl methyl sites for hydroxylation is 1. The Balaban J connectivity index is 1.83. The van der Waals surface area contributed by atoms with Crippen LogP contribution >= 0.6 is 11.3 Å². The largest absolute Gasteiger partial charge is 0.476 e. The molecule has 1 aliphatic rings. The van der Waals surface area contributed by atoms with Gasteiger partial charge in [-0.25, -0.2) is 9.78 Å². The third kappa shape index (κ3) is 3.67. The number of rotatable bonds is 5. The van der Waals surface area contributed by atoms with Crippen LogP contribution in [0.3, 0.4) is 0 Å². The fourth-order valence-electron chi connectivity index (χ4n) is 2.41. The molecule has 0 unspecified atom stereocenters. The molecule has 1 aromatic heterocycles. The lowest BCUT2D eigenvalue weighted by molar-refractivity contribution is 0.0690. The minimum Gasteiger partial charge on any atom is -0.476 e. The number of carboxylic acids is 1. The molecule has 0 atom stereocenters. The number of thiazole rings is 1. The topological polar surface area (TPSA) is 65.5 Å². The Morgan fingerprint density at radius 1 is 1.53 bits per heavy atom. The Morgan fingerprint density at radius 2 is 2.21 bits per heavy atom. The lowest BCUT2D eigenvalue weighted by Crippen LogP contribution is -2.35. The zero-order valence-corrected chi connectivity index (χ0v) is 12.3. The molecule has 6 heteroatoms. The van der Waals surface area contributed by atoms with Crippen molar-refractivity contribution in [3.05, 3.63) is 10.6 Å². The molecule has 0 bridgehead atoms. The van der Waals surface area contributed by atoms with Gasteiger partial charge in [-0.15, -0.1) is 11.3 Å². The van der Waals surface area contributed by atoms with E-state index in [4.69, 9.17) is 5.11 Å². The van der Waals surface area contributed by atoms with Crippen LogP contribution in [0.15, 0.2) is 0 Å². The van der Waals surface area contributed by atoms with Gasteiger partial charge in [0, 0.05) is 11.4 Å². The lowest BCUT2D eigenvalue weighted by atomic mass is 9.97. The molecule has 0 radical (unpaired) electrons. The second kappa shape index (κ2) is 6.34. The molecular formula is C13H21N3O2S. The van der Waals surface area contributed by atoms with Gasteiger partial charge in [0.05, 0.1) is 0 Å². The SMILES string of the molecule is CCN1CCC(CNc2nc(C(=O)O)c(C)s2)CC1. The predicted octanol–water partition coefficient (Wildman–Crippen LogP) is 2.29. The van der Waals surface area contributed by atoms with Gasteiger partial charge in [-0.05, 0) is 45.3 Å². The number of aromatic carboxylic acids is 1. The molecule has 106 valence electrons. The van der Waals surface area contributed by atoms with Crippen LogP contribution in [0.2, 0.25) is 0 Å². The summed E-state index contributed by atoms with van der Waals surface area (Å²) in [4.78, 5) is 18.3. The Hall–Kier alpha value is -1.14. The first kappa shape index (κ1) is 14.3. The van der Waals surface area contributed by atoms with Crippen molar-refractivity contribution in [2.75, 3.05) is 31.5 Å². The summed E-state index contributed by atoms with van der Waals surface area (Å²) < 4.78 is 0. The maximum absolute atomic E-state index is 10.9. The molecule has 1 fully saturated rings. The Kier molecular flexibility index (Phi) is 4.76. The number of hydrogen-bond acceptors (Lipinski definition) is 5. The van der Waals surface area contributed by atoms with Crippen molar-refractivity contribution in [3.63, 3.8) is 0 Å². The van der Waals surface area contributed by atoms with Crippen molar-refractivity contribution in [1.82, 2.24) is 9.88 Å². The Labute approximate surface area is 117 Å². The summed E-state index contributed by atoms with van der Waals surface area (Å²) in [6, 6.07) is 0. The maximum Gasteiger partial charge on any atom is 0.355 e. The standard InChI is InChI=1S/C13H21N3O2S/c1-3-16-6-4-10(5-7-16)8-14-13-15-11(12(17)18)9(2)19-13/h10H,3-8H2,1-2H3,(H,14,15)(H,17,18). The number of anilines is 1. The van der Waals surface area contributed by atoms with E-state index in [0.29, 0.717) is 5.92 Å². The summed E-state index contributed by atoms with van der Waals surface area (Å²) in [7, 11) is 0. The zero-order valence-electron chi connectivity index (χ0n) is 11.5. The molecule has 0 amide bonds. The average Bonchev–Trinajstić information content (AvgIpc) is 2.78. The molecule has 0 saturated carbocycles. The first-order valence-corrected chi connectivity index (χ1v) is 7.58. The van der Waals surface area contributed by atoms with Gasteiger partial charge >= 0.3 is 5.97 Å². The lowest BCUT2D eigenvalue weighted by Gasteiger charge is -2.30. The summed E-state index contributed by atoms with van der Waals surface area (Å²) >= 11 is 1.42. The van der Waals surface area contributed by atoms with Gasteiger partial charge < -0.3 is 15.3 Å². The Morgan fingerprint density at radius 3 is 2.74 bits per heavy atom. The van der Waals surface area contributed by atoms with Gasteiger partial charge in [-0.2, -0.15) is 0 Å². The number of aromatic nitrogens is 1. The van der Waals surface area contributed by atoms with Crippen molar-refractivity contribution in [2.45, 2.75) is 26.7 Å². The highest BCUT2D eigenvalue weighted by atomic mass is 32.1. The molecule has 0 aromatic carbocycles. The first-order valence-electron chi connectivity index (χ1n) is 6.77. The van der Waals surface area contributed by atoms with Crippen molar-refractivity contribution < 1.29 is 9.90 Å². The zero-order chi connectivity index (χ0) is 13.8. The minimum atomic E-state index is -0.946. The van der Waals surface area contributed by atoms with Gasteiger partial charge in [-0.3, -0.25) is 0 Å². The van der Waals surface area contributed by atoms with E-state index in [1.807, 2.05) is 0 Å². The van der Waals surface area contributed by atoms with Crippen molar-refractivity contribution in [2.24, 2.45) is 5.92 Å². The smallest absolute Gasteiger partial charge is 0.355 e. The number of piperidine rings is 1. The fraction of sp³-hybridized carbons (Fsp3) is 0.692. The number of carboxylic acid groups (broad SMARTS) is 1. The normalized spacial score (nSPS) is 17.6. The quantitative estimate of drug-likeness (QED) is 0.868. The first-order chi connectivity index (χ1) is 9.10. The number of likely N-dealkylation sites (tertiary alicyclic amines) is 1. The summed E-state index contributed by atoms with van der Waals surface area (Å²) in [5, 5.41) is 13.0. The molecule has 1 saturated heterocycles. The molecule has 5 nitrogen and oxygen atoms in total. The van der Waals surface area contributed by atoms with Crippen LogP contribution in [0.25, 0.3) is 0 Å². The fourth-order valence-corrected chi connectivity index (χ4v) is 3.22. The Bertz CT molecular complexity index is 439. The molecular weight excluding hydrogens is 262 g/mol. The molecule has 1 aromatic rings. The maximum atomic E-state index is 10.9. The van der Waals surface area contributed by atoms with E-state index < -0.39 is 5.97 Å². The van der Waals surface area contributed by atoms with E-state index in [-0.39, 0.29) is 5.69 Å². The second-order valence-corrected chi connectivity index (χ2v) is 6.19. The molecule has 0 spiro atoms. The van der Waals surface area contributed by atoms with Crippen molar-refractivity contribution in [1.29, 1.82) is 0 Å². The number of hydrogen-bond donors (Lipinski definition) is 2. The highest BCUT2D eigenvalue weighted by Gasteiger charge is 2.19.